The van der Waals surface area contributed by atoms with Gasteiger partial charge >= 0.3 is 5.97 Å². The molecule has 0 aliphatic carbocycles. The lowest BCUT2D eigenvalue weighted by molar-refractivity contribution is -0.123. The van der Waals surface area contributed by atoms with E-state index in [0.717, 1.165) is 0 Å². The maximum absolute atomic E-state index is 13.0. The molecule has 148 valence electrons. The number of Topliss-reactive ketones (excluding diaryl/α,β-unsaturated/α-hetero) is 1. The minimum absolute atomic E-state index is 0.0625. The highest BCUT2D eigenvalue weighted by atomic mass is 32.1. The van der Waals surface area contributed by atoms with Crippen LogP contribution in [0.4, 0.5) is 10.1 Å². The summed E-state index contributed by atoms with van der Waals surface area (Å²) in [6.07, 6.45) is -1.07. The fourth-order valence-electron chi connectivity index (χ4n) is 2.43. The van der Waals surface area contributed by atoms with Crippen molar-refractivity contribution < 1.29 is 23.5 Å². The third kappa shape index (κ3) is 5.11. The smallest absolute Gasteiger partial charge is 0.358 e. The molecular formula is C21H17FN2O4S. The number of esters is 1. The first-order valence-electron chi connectivity index (χ1n) is 8.68. The number of nitrogens with zero attached hydrogens (tertiary/aromatic N) is 1. The molecule has 8 heteroatoms. The summed E-state index contributed by atoms with van der Waals surface area (Å²) in [6.45, 7) is 2.87. The lowest BCUT2D eigenvalue weighted by Crippen LogP contribution is -2.30. The van der Waals surface area contributed by atoms with Crippen LogP contribution in [0.3, 0.4) is 0 Å². The van der Waals surface area contributed by atoms with Crippen molar-refractivity contribution in [3.05, 3.63) is 71.0 Å². The van der Waals surface area contributed by atoms with E-state index in [1.807, 2.05) is 0 Å². The Morgan fingerprint density at radius 2 is 1.86 bits per heavy atom. The molecule has 0 aliphatic rings. The Morgan fingerprint density at radius 3 is 2.55 bits per heavy atom. The number of hydrogen-bond donors (Lipinski definition) is 1. The average Bonchev–Trinajstić information content (AvgIpc) is 3.19. The third-order valence-corrected chi connectivity index (χ3v) is 4.89. The summed E-state index contributed by atoms with van der Waals surface area (Å²) >= 11 is 1.21. The van der Waals surface area contributed by atoms with Gasteiger partial charge in [-0.1, -0.05) is 12.1 Å². The van der Waals surface area contributed by atoms with E-state index in [-0.39, 0.29) is 17.3 Å². The maximum Gasteiger partial charge on any atom is 0.358 e. The van der Waals surface area contributed by atoms with Gasteiger partial charge in [0.15, 0.2) is 17.6 Å². The van der Waals surface area contributed by atoms with Gasteiger partial charge in [-0.3, -0.25) is 9.59 Å². The molecule has 2 aromatic carbocycles. The number of anilines is 1. The monoisotopic (exact) mass is 412 g/mol. The summed E-state index contributed by atoms with van der Waals surface area (Å²) in [6, 6.07) is 12.2. The molecule has 0 bridgehead atoms. The molecule has 6 nitrogen and oxygen atoms in total. The minimum Gasteiger partial charge on any atom is -0.448 e. The molecule has 0 radical (unpaired) electrons. The normalized spacial score (nSPS) is 11.6. The van der Waals surface area contributed by atoms with E-state index in [2.05, 4.69) is 10.3 Å². The van der Waals surface area contributed by atoms with Crippen LogP contribution in [0.15, 0.2) is 53.9 Å². The van der Waals surface area contributed by atoms with Crippen molar-refractivity contribution in [1.82, 2.24) is 4.98 Å². The summed E-state index contributed by atoms with van der Waals surface area (Å²) in [4.78, 5) is 40.2. The van der Waals surface area contributed by atoms with Crippen LogP contribution in [0.5, 0.6) is 0 Å². The highest BCUT2D eigenvalue weighted by Gasteiger charge is 2.21. The van der Waals surface area contributed by atoms with Crippen LogP contribution in [-0.2, 0) is 9.53 Å². The Balaban J connectivity index is 1.63. The number of nitrogens with one attached hydrogen (secondary N) is 1. The summed E-state index contributed by atoms with van der Waals surface area (Å²) in [5.41, 5.74) is 1.63. The zero-order valence-electron chi connectivity index (χ0n) is 15.6. The van der Waals surface area contributed by atoms with E-state index < -0.39 is 18.0 Å². The number of aromatic nitrogens is 1. The molecule has 1 atom stereocenters. The third-order valence-electron chi connectivity index (χ3n) is 3.99. The van der Waals surface area contributed by atoms with Crippen molar-refractivity contribution in [1.29, 1.82) is 0 Å². The molecule has 3 aromatic rings. The number of ether oxygens (including phenoxy) is 1. The van der Waals surface area contributed by atoms with Gasteiger partial charge in [-0.25, -0.2) is 14.2 Å². The first-order valence-corrected chi connectivity index (χ1v) is 9.56. The molecule has 0 unspecified atom stereocenters. The standard InChI is InChI=1S/C21H17FN2O4S/c1-12(25)15-4-3-5-17(10-15)23-19(26)13(2)28-21(27)18-11-29-20(24-18)14-6-8-16(22)9-7-14/h3-11,13H,1-2H3,(H,23,26)/t13-/m0/s1. The van der Waals surface area contributed by atoms with Crippen molar-refractivity contribution in [3.8, 4) is 10.6 Å². The van der Waals surface area contributed by atoms with E-state index in [0.29, 0.717) is 21.8 Å². The van der Waals surface area contributed by atoms with Crippen LogP contribution in [-0.4, -0.2) is 28.7 Å². The second-order valence-electron chi connectivity index (χ2n) is 6.22. The Hall–Kier alpha value is -3.39. The topological polar surface area (TPSA) is 85.4 Å². The lowest BCUT2D eigenvalue weighted by atomic mass is 10.1. The first kappa shape index (κ1) is 20.3. The van der Waals surface area contributed by atoms with Gasteiger partial charge in [0.1, 0.15) is 10.8 Å². The Morgan fingerprint density at radius 1 is 1.14 bits per heavy atom. The predicted octanol–water partition coefficient (Wildman–Crippen LogP) is 4.34. The Bertz CT molecular complexity index is 1060. The van der Waals surface area contributed by atoms with Crippen molar-refractivity contribution in [3.63, 3.8) is 0 Å². The zero-order valence-corrected chi connectivity index (χ0v) is 16.5. The molecule has 1 heterocycles. The van der Waals surface area contributed by atoms with Crippen molar-refractivity contribution in [2.24, 2.45) is 0 Å². The van der Waals surface area contributed by atoms with Crippen LogP contribution in [0.2, 0.25) is 0 Å². The highest BCUT2D eigenvalue weighted by Crippen LogP contribution is 2.24. The number of amides is 1. The van der Waals surface area contributed by atoms with E-state index in [1.54, 1.807) is 36.4 Å². The number of hydrogen-bond acceptors (Lipinski definition) is 6. The summed E-state index contributed by atoms with van der Waals surface area (Å²) < 4.78 is 18.2. The van der Waals surface area contributed by atoms with Gasteiger partial charge in [0.2, 0.25) is 0 Å². The van der Waals surface area contributed by atoms with Gasteiger partial charge in [-0.05, 0) is 50.2 Å². The van der Waals surface area contributed by atoms with E-state index >= 15 is 0 Å². The first-order chi connectivity index (χ1) is 13.8. The molecule has 1 N–H and O–H groups in total. The number of thiazole rings is 1. The van der Waals surface area contributed by atoms with E-state index in [4.69, 9.17) is 4.74 Å². The van der Waals surface area contributed by atoms with Gasteiger partial charge < -0.3 is 10.1 Å². The van der Waals surface area contributed by atoms with Crippen molar-refractivity contribution in [2.45, 2.75) is 20.0 Å². The van der Waals surface area contributed by atoms with Gasteiger partial charge in [-0.15, -0.1) is 11.3 Å². The van der Waals surface area contributed by atoms with Crippen LogP contribution in [0.1, 0.15) is 34.7 Å². The minimum atomic E-state index is -1.07. The number of ketones is 1. The molecule has 1 aromatic heterocycles. The fraction of sp³-hybridized carbons (Fsp3) is 0.143. The molecule has 0 saturated carbocycles. The highest BCUT2D eigenvalue weighted by molar-refractivity contribution is 7.13. The number of carbonyl (C=O) groups is 3. The predicted molar refractivity (Wildman–Crippen MR) is 107 cm³/mol. The molecule has 3 rings (SSSR count). The van der Waals surface area contributed by atoms with E-state index in [9.17, 15) is 18.8 Å². The summed E-state index contributed by atoms with van der Waals surface area (Å²) in [5, 5.41) is 4.66. The SMILES string of the molecule is CC(=O)c1cccc(NC(=O)[C@H](C)OC(=O)c2csc(-c3ccc(F)cc3)n2)c1. The number of carbonyl (C=O) groups excluding carboxylic acids is 3. The van der Waals surface area contributed by atoms with Crippen molar-refractivity contribution in [2.75, 3.05) is 5.32 Å². The average molecular weight is 412 g/mol. The molecule has 0 saturated heterocycles. The van der Waals surface area contributed by atoms with Crippen LogP contribution in [0, 0.1) is 5.82 Å². The quantitative estimate of drug-likeness (QED) is 0.481. The molecule has 0 fully saturated rings. The van der Waals surface area contributed by atoms with Crippen LogP contribution in [0.25, 0.3) is 10.6 Å². The second-order valence-corrected chi connectivity index (χ2v) is 7.08. The maximum atomic E-state index is 13.0. The Labute approximate surface area is 170 Å². The second kappa shape index (κ2) is 8.74. The number of benzene rings is 2. The molecule has 0 spiro atoms. The van der Waals surface area contributed by atoms with Gasteiger partial charge in [0, 0.05) is 22.2 Å². The largest absolute Gasteiger partial charge is 0.448 e. The van der Waals surface area contributed by atoms with Crippen LogP contribution < -0.4 is 5.32 Å². The van der Waals surface area contributed by atoms with Crippen LogP contribution >= 0.6 is 11.3 Å². The number of halogens is 1. The summed E-state index contributed by atoms with van der Waals surface area (Å²) in [7, 11) is 0. The van der Waals surface area contributed by atoms with E-state index in [1.165, 1.54) is 42.7 Å². The molecule has 1 amide bonds. The zero-order chi connectivity index (χ0) is 21.0. The fourth-order valence-corrected chi connectivity index (χ4v) is 3.22. The lowest BCUT2D eigenvalue weighted by Gasteiger charge is -2.13. The molecule has 29 heavy (non-hydrogen) atoms. The molecular weight excluding hydrogens is 395 g/mol. The van der Waals surface area contributed by atoms with Gasteiger partial charge in [0.05, 0.1) is 0 Å². The van der Waals surface area contributed by atoms with Gasteiger partial charge in [-0.2, -0.15) is 0 Å². The van der Waals surface area contributed by atoms with Crippen molar-refractivity contribution >= 4 is 34.7 Å². The van der Waals surface area contributed by atoms with Gasteiger partial charge in [0.25, 0.3) is 5.91 Å². The summed E-state index contributed by atoms with van der Waals surface area (Å²) in [5.74, 6) is -1.76. The number of rotatable bonds is 6. The Kier molecular flexibility index (Phi) is 6.13. The molecule has 0 aliphatic heterocycles.